The van der Waals surface area contributed by atoms with E-state index in [0.717, 1.165) is 18.9 Å². The van der Waals surface area contributed by atoms with Crippen molar-refractivity contribution in [2.45, 2.75) is 31.7 Å². The first-order valence-electron chi connectivity index (χ1n) is 8.01. The van der Waals surface area contributed by atoms with Crippen LogP contribution >= 0.6 is 0 Å². The SMILES string of the molecule is O=C(Nc1ccc(N2CCCCC2)nc1)NC1CCS(=O)(=O)C1. The highest BCUT2D eigenvalue weighted by Crippen LogP contribution is 2.19. The molecule has 2 saturated heterocycles. The second kappa shape index (κ2) is 6.74. The Bertz CT molecular complexity index is 654. The average molecular weight is 338 g/mol. The second-order valence-electron chi connectivity index (χ2n) is 6.15. The number of carbonyl (C=O) groups excluding carboxylic acids is 1. The number of hydrogen-bond donors (Lipinski definition) is 2. The van der Waals surface area contributed by atoms with Crippen LogP contribution in [0.2, 0.25) is 0 Å². The number of nitrogens with zero attached hydrogens (tertiary/aromatic N) is 2. The van der Waals surface area contributed by atoms with Crippen molar-refractivity contribution in [2.24, 2.45) is 0 Å². The number of aromatic nitrogens is 1. The van der Waals surface area contributed by atoms with E-state index in [-0.39, 0.29) is 23.6 Å². The molecule has 126 valence electrons. The molecule has 0 saturated carbocycles. The standard InChI is InChI=1S/C15H22N4O3S/c20-15(18-13-6-9-23(21,22)11-13)17-12-4-5-14(16-10-12)19-7-2-1-3-8-19/h4-5,10,13H,1-3,6-9,11H2,(H2,17,18,20). The van der Waals surface area contributed by atoms with Crippen molar-refractivity contribution in [1.29, 1.82) is 0 Å². The fourth-order valence-corrected chi connectivity index (χ4v) is 4.70. The van der Waals surface area contributed by atoms with Crippen LogP contribution in [0.1, 0.15) is 25.7 Å². The van der Waals surface area contributed by atoms with Gasteiger partial charge in [-0.25, -0.2) is 18.2 Å². The number of anilines is 2. The molecular weight excluding hydrogens is 316 g/mol. The molecule has 1 unspecified atom stereocenters. The molecule has 3 heterocycles. The highest BCUT2D eigenvalue weighted by atomic mass is 32.2. The van der Waals surface area contributed by atoms with Gasteiger partial charge in [0.15, 0.2) is 9.84 Å². The van der Waals surface area contributed by atoms with Crippen molar-refractivity contribution in [3.05, 3.63) is 18.3 Å². The van der Waals surface area contributed by atoms with Gasteiger partial charge in [-0.1, -0.05) is 0 Å². The summed E-state index contributed by atoms with van der Waals surface area (Å²) in [6.45, 7) is 2.05. The lowest BCUT2D eigenvalue weighted by atomic mass is 10.1. The third-order valence-electron chi connectivity index (χ3n) is 4.25. The van der Waals surface area contributed by atoms with Gasteiger partial charge in [-0.3, -0.25) is 0 Å². The van der Waals surface area contributed by atoms with Gasteiger partial charge in [0.2, 0.25) is 0 Å². The van der Waals surface area contributed by atoms with E-state index in [4.69, 9.17) is 0 Å². The minimum atomic E-state index is -2.99. The van der Waals surface area contributed by atoms with Crippen molar-refractivity contribution in [2.75, 3.05) is 34.8 Å². The van der Waals surface area contributed by atoms with Gasteiger partial charge in [0.05, 0.1) is 23.4 Å². The molecule has 2 fully saturated rings. The topological polar surface area (TPSA) is 91.4 Å². The van der Waals surface area contributed by atoms with E-state index in [1.54, 1.807) is 6.20 Å². The maximum absolute atomic E-state index is 11.9. The number of amides is 2. The number of sulfone groups is 1. The molecule has 0 aromatic carbocycles. The van der Waals surface area contributed by atoms with E-state index >= 15 is 0 Å². The number of carbonyl (C=O) groups is 1. The molecule has 23 heavy (non-hydrogen) atoms. The molecule has 2 amide bonds. The Hall–Kier alpha value is -1.83. The van der Waals surface area contributed by atoms with Crippen LogP contribution in [0.4, 0.5) is 16.3 Å². The maximum atomic E-state index is 11.9. The highest BCUT2D eigenvalue weighted by molar-refractivity contribution is 7.91. The van der Waals surface area contributed by atoms with Gasteiger partial charge in [0, 0.05) is 19.1 Å². The lowest BCUT2D eigenvalue weighted by molar-refractivity contribution is 0.249. The molecule has 1 aromatic rings. The van der Waals surface area contributed by atoms with Gasteiger partial charge >= 0.3 is 6.03 Å². The van der Waals surface area contributed by atoms with Crippen LogP contribution in [-0.2, 0) is 9.84 Å². The zero-order valence-corrected chi connectivity index (χ0v) is 13.8. The highest BCUT2D eigenvalue weighted by Gasteiger charge is 2.28. The molecule has 1 aromatic heterocycles. The van der Waals surface area contributed by atoms with E-state index in [9.17, 15) is 13.2 Å². The molecule has 2 N–H and O–H groups in total. The molecule has 8 heteroatoms. The van der Waals surface area contributed by atoms with Gasteiger partial charge in [0.1, 0.15) is 5.82 Å². The van der Waals surface area contributed by atoms with E-state index < -0.39 is 9.84 Å². The van der Waals surface area contributed by atoms with Crippen molar-refractivity contribution in [3.63, 3.8) is 0 Å². The van der Waals surface area contributed by atoms with Gasteiger partial charge in [-0.2, -0.15) is 0 Å². The van der Waals surface area contributed by atoms with Crippen LogP contribution in [0, 0.1) is 0 Å². The summed E-state index contributed by atoms with van der Waals surface area (Å²) in [6, 6.07) is 3.03. The summed E-state index contributed by atoms with van der Waals surface area (Å²) in [5, 5.41) is 5.39. The summed E-state index contributed by atoms with van der Waals surface area (Å²) in [7, 11) is -2.99. The smallest absolute Gasteiger partial charge is 0.319 e. The fourth-order valence-electron chi connectivity index (χ4n) is 3.03. The van der Waals surface area contributed by atoms with Gasteiger partial charge in [-0.15, -0.1) is 0 Å². The Kier molecular flexibility index (Phi) is 4.70. The summed E-state index contributed by atoms with van der Waals surface area (Å²) < 4.78 is 22.8. The summed E-state index contributed by atoms with van der Waals surface area (Å²) in [6.07, 6.45) is 5.76. The Morgan fingerprint density at radius 3 is 2.61 bits per heavy atom. The molecule has 0 bridgehead atoms. The predicted molar refractivity (Wildman–Crippen MR) is 89.5 cm³/mol. The average Bonchev–Trinajstić information content (AvgIpc) is 2.87. The van der Waals surface area contributed by atoms with E-state index in [0.29, 0.717) is 12.1 Å². The van der Waals surface area contributed by atoms with Crippen molar-refractivity contribution in [3.8, 4) is 0 Å². The lowest BCUT2D eigenvalue weighted by Crippen LogP contribution is -2.38. The molecule has 3 rings (SSSR count). The molecule has 1 atom stereocenters. The summed E-state index contributed by atoms with van der Waals surface area (Å²) in [5.41, 5.74) is 0.601. The third kappa shape index (κ3) is 4.34. The minimum Gasteiger partial charge on any atom is -0.357 e. The normalized spacial score (nSPS) is 23.5. The van der Waals surface area contributed by atoms with Crippen LogP contribution < -0.4 is 15.5 Å². The number of hydrogen-bond acceptors (Lipinski definition) is 5. The monoisotopic (exact) mass is 338 g/mol. The minimum absolute atomic E-state index is 0.0204. The fraction of sp³-hybridized carbons (Fsp3) is 0.600. The molecular formula is C15H22N4O3S. The first kappa shape index (κ1) is 16.0. The Labute approximate surface area is 136 Å². The first-order valence-corrected chi connectivity index (χ1v) is 9.83. The molecule has 0 spiro atoms. The summed E-state index contributed by atoms with van der Waals surface area (Å²) in [5.74, 6) is 1.09. The molecule has 0 radical (unpaired) electrons. The quantitative estimate of drug-likeness (QED) is 0.869. The van der Waals surface area contributed by atoms with E-state index in [1.807, 2.05) is 12.1 Å². The lowest BCUT2D eigenvalue weighted by Gasteiger charge is -2.27. The Morgan fingerprint density at radius 1 is 1.22 bits per heavy atom. The first-order chi connectivity index (χ1) is 11.0. The van der Waals surface area contributed by atoms with Crippen molar-refractivity contribution in [1.82, 2.24) is 10.3 Å². The molecule has 2 aliphatic heterocycles. The molecule has 0 aliphatic carbocycles. The number of piperidine rings is 1. The zero-order chi connectivity index (χ0) is 16.3. The molecule has 2 aliphatic rings. The number of urea groups is 1. The number of rotatable bonds is 3. The second-order valence-corrected chi connectivity index (χ2v) is 8.38. The molecule has 7 nitrogen and oxygen atoms in total. The number of nitrogens with one attached hydrogen (secondary N) is 2. The Morgan fingerprint density at radius 2 is 2.00 bits per heavy atom. The number of pyridine rings is 1. The van der Waals surface area contributed by atoms with Crippen molar-refractivity contribution >= 4 is 27.4 Å². The van der Waals surface area contributed by atoms with Crippen LogP contribution in [0.5, 0.6) is 0 Å². The van der Waals surface area contributed by atoms with E-state index in [2.05, 4.69) is 20.5 Å². The van der Waals surface area contributed by atoms with Gasteiger partial charge in [0.25, 0.3) is 0 Å². The maximum Gasteiger partial charge on any atom is 0.319 e. The van der Waals surface area contributed by atoms with Crippen LogP contribution in [0.15, 0.2) is 18.3 Å². The predicted octanol–water partition coefficient (Wildman–Crippen LogP) is 1.38. The third-order valence-corrected chi connectivity index (χ3v) is 6.02. The zero-order valence-electron chi connectivity index (χ0n) is 13.0. The van der Waals surface area contributed by atoms with Crippen LogP contribution in [0.3, 0.4) is 0 Å². The van der Waals surface area contributed by atoms with E-state index in [1.165, 1.54) is 19.3 Å². The largest absolute Gasteiger partial charge is 0.357 e. The Balaban J connectivity index is 1.52. The summed E-state index contributed by atoms with van der Waals surface area (Å²) >= 11 is 0. The van der Waals surface area contributed by atoms with Gasteiger partial charge in [-0.05, 0) is 37.8 Å². The van der Waals surface area contributed by atoms with Gasteiger partial charge < -0.3 is 15.5 Å². The van der Waals surface area contributed by atoms with Crippen LogP contribution in [-0.4, -0.2) is 50.1 Å². The summed E-state index contributed by atoms with van der Waals surface area (Å²) in [4.78, 5) is 18.6. The van der Waals surface area contributed by atoms with Crippen molar-refractivity contribution < 1.29 is 13.2 Å². The van der Waals surface area contributed by atoms with Crippen LogP contribution in [0.25, 0.3) is 0 Å².